The smallest absolute Gasteiger partial charge is 0.221 e. The Balaban J connectivity index is 1.73. The number of hydrogen-bond donors (Lipinski definition) is 2. The van der Waals surface area contributed by atoms with Crippen LogP contribution in [-0.2, 0) is 11.2 Å². The Kier molecular flexibility index (Phi) is 6.63. The number of hydrogen-bond acceptors (Lipinski definition) is 4. The van der Waals surface area contributed by atoms with E-state index >= 15 is 0 Å². The molecule has 0 fully saturated rings. The second-order valence-corrected chi connectivity index (χ2v) is 5.48. The lowest BCUT2D eigenvalue weighted by Gasteiger charge is -2.14. The van der Waals surface area contributed by atoms with Crippen LogP contribution in [0.25, 0.3) is 0 Å². The zero-order valence-electron chi connectivity index (χ0n) is 14.0. The molecular formula is C19H23NO4. The lowest BCUT2D eigenvalue weighted by Crippen LogP contribution is -2.25. The van der Waals surface area contributed by atoms with E-state index < -0.39 is 6.10 Å². The first kappa shape index (κ1) is 17.8. The zero-order valence-corrected chi connectivity index (χ0v) is 14.0. The molecule has 128 valence electrons. The Hall–Kier alpha value is -2.53. The molecule has 0 aliphatic carbocycles. The molecule has 5 nitrogen and oxygen atoms in total. The Morgan fingerprint density at radius 3 is 1.96 bits per heavy atom. The van der Waals surface area contributed by atoms with Crippen LogP contribution < -0.4 is 14.8 Å². The van der Waals surface area contributed by atoms with Gasteiger partial charge in [0.2, 0.25) is 5.91 Å². The molecule has 5 heteroatoms. The van der Waals surface area contributed by atoms with Gasteiger partial charge in [-0.25, -0.2) is 0 Å². The van der Waals surface area contributed by atoms with E-state index in [1.165, 1.54) is 12.5 Å². The summed E-state index contributed by atoms with van der Waals surface area (Å²) in [4.78, 5) is 10.9. The fraction of sp³-hybridized carbons (Fsp3) is 0.316. The predicted octanol–water partition coefficient (Wildman–Crippen LogP) is 3.03. The van der Waals surface area contributed by atoms with Crippen LogP contribution in [0.2, 0.25) is 0 Å². The summed E-state index contributed by atoms with van der Waals surface area (Å²) in [5.41, 5.74) is 1.95. The molecule has 2 N–H and O–H groups in total. The summed E-state index contributed by atoms with van der Waals surface area (Å²) in [5, 5.41) is 12.6. The molecule has 0 aromatic heterocycles. The molecule has 24 heavy (non-hydrogen) atoms. The minimum Gasteiger partial charge on any atom is -0.491 e. The molecule has 0 heterocycles. The molecule has 1 atom stereocenters. The number of carbonyl (C=O) groups excluding carboxylic acids is 1. The van der Waals surface area contributed by atoms with Crippen LogP contribution in [0.5, 0.6) is 11.5 Å². The van der Waals surface area contributed by atoms with Crippen LogP contribution in [0, 0.1) is 0 Å². The SMILES string of the molecule is CCc1ccc(OC[C@@H](O)COc2ccc(NC(C)=O)cc2)cc1. The van der Waals surface area contributed by atoms with Gasteiger partial charge in [0.05, 0.1) is 0 Å². The maximum atomic E-state index is 10.9. The quantitative estimate of drug-likeness (QED) is 0.781. The first-order valence-electron chi connectivity index (χ1n) is 7.97. The Morgan fingerprint density at radius 2 is 1.50 bits per heavy atom. The molecule has 0 spiro atoms. The highest BCUT2D eigenvalue weighted by Gasteiger charge is 2.07. The third-order valence-electron chi connectivity index (χ3n) is 3.39. The van der Waals surface area contributed by atoms with Gasteiger partial charge in [-0.3, -0.25) is 4.79 Å². The van der Waals surface area contributed by atoms with Gasteiger partial charge in [-0.15, -0.1) is 0 Å². The lowest BCUT2D eigenvalue weighted by atomic mass is 10.2. The normalized spacial score (nSPS) is 11.6. The Bertz CT molecular complexity index is 637. The van der Waals surface area contributed by atoms with Gasteiger partial charge in [-0.1, -0.05) is 19.1 Å². The molecule has 0 bridgehead atoms. The van der Waals surface area contributed by atoms with Crippen molar-refractivity contribution in [1.29, 1.82) is 0 Å². The fourth-order valence-electron chi connectivity index (χ4n) is 2.09. The van der Waals surface area contributed by atoms with Gasteiger partial charge in [0.25, 0.3) is 0 Å². The van der Waals surface area contributed by atoms with Gasteiger partial charge in [-0.05, 0) is 48.4 Å². The molecular weight excluding hydrogens is 306 g/mol. The van der Waals surface area contributed by atoms with E-state index in [9.17, 15) is 9.90 Å². The minimum absolute atomic E-state index is 0.122. The minimum atomic E-state index is -0.731. The molecule has 0 saturated heterocycles. The molecule has 0 saturated carbocycles. The summed E-state index contributed by atoms with van der Waals surface area (Å²) in [6.07, 6.45) is 0.253. The van der Waals surface area contributed by atoms with Crippen molar-refractivity contribution in [3.05, 3.63) is 54.1 Å². The predicted molar refractivity (Wildman–Crippen MR) is 93.6 cm³/mol. The highest BCUT2D eigenvalue weighted by Crippen LogP contribution is 2.16. The number of amides is 1. The van der Waals surface area contributed by atoms with Gasteiger partial charge < -0.3 is 19.9 Å². The number of benzene rings is 2. The average Bonchev–Trinajstić information content (AvgIpc) is 2.59. The molecule has 1 amide bonds. The molecule has 0 radical (unpaired) electrons. The third-order valence-corrected chi connectivity index (χ3v) is 3.39. The molecule has 0 unspecified atom stereocenters. The molecule has 0 aliphatic rings. The summed E-state index contributed by atoms with van der Waals surface area (Å²) in [6, 6.07) is 14.8. The summed E-state index contributed by atoms with van der Waals surface area (Å²) in [7, 11) is 0. The number of rotatable bonds is 8. The van der Waals surface area contributed by atoms with E-state index in [0.29, 0.717) is 11.4 Å². The number of aliphatic hydroxyl groups is 1. The van der Waals surface area contributed by atoms with Crippen LogP contribution in [0.4, 0.5) is 5.69 Å². The maximum absolute atomic E-state index is 10.9. The van der Waals surface area contributed by atoms with Crippen molar-refractivity contribution in [2.75, 3.05) is 18.5 Å². The van der Waals surface area contributed by atoms with E-state index in [1.54, 1.807) is 24.3 Å². The van der Waals surface area contributed by atoms with E-state index in [2.05, 4.69) is 12.2 Å². The second kappa shape index (κ2) is 8.93. The summed E-state index contributed by atoms with van der Waals surface area (Å²) < 4.78 is 11.1. The largest absolute Gasteiger partial charge is 0.491 e. The summed E-state index contributed by atoms with van der Waals surface area (Å²) >= 11 is 0. The van der Waals surface area contributed by atoms with Crippen molar-refractivity contribution < 1.29 is 19.4 Å². The third kappa shape index (κ3) is 5.93. The molecule has 2 aromatic carbocycles. The number of aliphatic hydroxyl groups excluding tert-OH is 1. The van der Waals surface area contributed by atoms with Crippen LogP contribution >= 0.6 is 0 Å². The van der Waals surface area contributed by atoms with Gasteiger partial charge in [-0.2, -0.15) is 0 Å². The average molecular weight is 329 g/mol. The highest BCUT2D eigenvalue weighted by molar-refractivity contribution is 5.88. The monoisotopic (exact) mass is 329 g/mol. The van der Waals surface area contributed by atoms with Crippen LogP contribution in [0.1, 0.15) is 19.4 Å². The van der Waals surface area contributed by atoms with E-state index in [1.807, 2.05) is 24.3 Å². The van der Waals surface area contributed by atoms with E-state index in [4.69, 9.17) is 9.47 Å². The van der Waals surface area contributed by atoms with Crippen LogP contribution in [0.3, 0.4) is 0 Å². The summed E-state index contributed by atoms with van der Waals surface area (Å²) in [6.45, 7) is 3.85. The van der Waals surface area contributed by atoms with Crippen molar-refractivity contribution >= 4 is 11.6 Å². The van der Waals surface area contributed by atoms with Gasteiger partial charge in [0.1, 0.15) is 30.8 Å². The Labute approximate surface area is 142 Å². The van der Waals surface area contributed by atoms with Gasteiger partial charge in [0, 0.05) is 12.6 Å². The molecule has 2 aromatic rings. The summed E-state index contributed by atoms with van der Waals surface area (Å²) in [5.74, 6) is 1.23. The van der Waals surface area contributed by atoms with E-state index in [0.717, 1.165) is 12.2 Å². The first-order valence-corrected chi connectivity index (χ1v) is 7.97. The van der Waals surface area contributed by atoms with Gasteiger partial charge >= 0.3 is 0 Å². The number of nitrogens with one attached hydrogen (secondary N) is 1. The fourth-order valence-corrected chi connectivity index (χ4v) is 2.09. The molecule has 2 rings (SSSR count). The lowest BCUT2D eigenvalue weighted by molar-refractivity contribution is -0.114. The van der Waals surface area contributed by atoms with Crippen molar-refractivity contribution in [3.63, 3.8) is 0 Å². The highest BCUT2D eigenvalue weighted by atomic mass is 16.5. The zero-order chi connectivity index (χ0) is 17.4. The van der Waals surface area contributed by atoms with Crippen LogP contribution in [0.15, 0.2) is 48.5 Å². The standard InChI is InChI=1S/C19H23NO4/c1-3-15-4-8-18(9-5-15)23-12-17(22)13-24-19-10-6-16(7-11-19)20-14(2)21/h4-11,17,22H,3,12-13H2,1-2H3,(H,20,21)/t17-/m1/s1. The number of ether oxygens (including phenoxy) is 2. The Morgan fingerprint density at radius 1 is 1.00 bits per heavy atom. The number of carbonyl (C=O) groups is 1. The van der Waals surface area contributed by atoms with Crippen molar-refractivity contribution in [2.45, 2.75) is 26.4 Å². The van der Waals surface area contributed by atoms with Gasteiger partial charge in [0.15, 0.2) is 0 Å². The first-order chi connectivity index (χ1) is 11.6. The second-order valence-electron chi connectivity index (χ2n) is 5.48. The number of aryl methyl sites for hydroxylation is 1. The maximum Gasteiger partial charge on any atom is 0.221 e. The molecule has 0 aliphatic heterocycles. The topological polar surface area (TPSA) is 67.8 Å². The van der Waals surface area contributed by atoms with E-state index in [-0.39, 0.29) is 19.1 Å². The van der Waals surface area contributed by atoms with Crippen LogP contribution in [-0.4, -0.2) is 30.3 Å². The number of anilines is 1. The van der Waals surface area contributed by atoms with Crippen molar-refractivity contribution in [1.82, 2.24) is 0 Å². The van der Waals surface area contributed by atoms with Crippen molar-refractivity contribution in [3.8, 4) is 11.5 Å². The van der Waals surface area contributed by atoms with Crippen molar-refractivity contribution in [2.24, 2.45) is 0 Å².